The highest BCUT2D eigenvalue weighted by atomic mass is 35.5. The quantitative estimate of drug-likeness (QED) is 0.665. The van der Waals surface area contributed by atoms with E-state index < -0.39 is 5.91 Å². The van der Waals surface area contributed by atoms with Crippen LogP contribution in [-0.4, -0.2) is 22.1 Å². The Morgan fingerprint density at radius 3 is 2.48 bits per heavy atom. The minimum Gasteiger partial charge on any atom is -0.320 e. The summed E-state index contributed by atoms with van der Waals surface area (Å²) in [4.78, 5) is 37.3. The summed E-state index contributed by atoms with van der Waals surface area (Å²) in [5.74, 6) is -0.590. The molecule has 1 aliphatic rings. The van der Waals surface area contributed by atoms with Crippen LogP contribution in [0, 0.1) is 0 Å². The average Bonchev–Trinajstić information content (AvgIpc) is 2.78. The molecular weight excluding hydrogens is 416 g/mol. The molecule has 156 valence electrons. The second kappa shape index (κ2) is 8.97. The van der Waals surface area contributed by atoms with Crippen molar-refractivity contribution in [3.8, 4) is 0 Å². The van der Waals surface area contributed by atoms with Gasteiger partial charge in [-0.25, -0.2) is 5.01 Å². The molecule has 0 bridgehead atoms. The van der Waals surface area contributed by atoms with E-state index in [0.29, 0.717) is 16.4 Å². The van der Waals surface area contributed by atoms with Crippen LogP contribution in [0.5, 0.6) is 0 Å². The van der Waals surface area contributed by atoms with E-state index in [4.69, 9.17) is 11.6 Å². The molecule has 0 unspecified atom stereocenters. The zero-order valence-electron chi connectivity index (χ0n) is 16.5. The predicted octanol–water partition coefficient (Wildman–Crippen LogP) is 3.67. The number of para-hydroxylation sites is 1. The fourth-order valence-corrected chi connectivity index (χ4v) is 3.43. The number of halogens is 1. The fraction of sp³-hybridized carbons (Fsp3) is 0.130. The van der Waals surface area contributed by atoms with Gasteiger partial charge in [0.2, 0.25) is 5.91 Å². The number of aromatic nitrogens is 1. The van der Waals surface area contributed by atoms with Gasteiger partial charge in [0.1, 0.15) is 5.71 Å². The monoisotopic (exact) mass is 434 g/mol. The summed E-state index contributed by atoms with van der Waals surface area (Å²) < 4.78 is 1.47. The van der Waals surface area contributed by atoms with Crippen molar-refractivity contribution < 1.29 is 9.59 Å². The standard InChI is InChI=1S/C23H19ClN4O3/c24-19-9-5-4-6-16(19)14-27-15-17(10-12-21(27)29)25-23(31)20-11-13-22(30)28(26-20)18-7-2-1-3-8-18/h1-10,12,15H,11,13-14H2,(H,25,31). The van der Waals surface area contributed by atoms with Gasteiger partial charge in [-0.1, -0.05) is 48.0 Å². The fourth-order valence-electron chi connectivity index (χ4n) is 3.23. The first-order chi connectivity index (χ1) is 15.0. The van der Waals surface area contributed by atoms with Crippen LogP contribution in [0.15, 0.2) is 82.8 Å². The number of hydrogen-bond acceptors (Lipinski definition) is 4. The third kappa shape index (κ3) is 4.73. The molecule has 0 spiro atoms. The molecule has 1 aromatic heterocycles. The molecule has 2 aromatic carbocycles. The van der Waals surface area contributed by atoms with E-state index in [0.717, 1.165) is 5.56 Å². The minimum absolute atomic E-state index is 0.170. The molecule has 0 aliphatic carbocycles. The van der Waals surface area contributed by atoms with E-state index in [-0.39, 0.29) is 36.6 Å². The van der Waals surface area contributed by atoms with Crippen LogP contribution in [0.1, 0.15) is 18.4 Å². The van der Waals surface area contributed by atoms with Crippen LogP contribution in [0.4, 0.5) is 11.4 Å². The van der Waals surface area contributed by atoms with Crippen molar-refractivity contribution in [2.45, 2.75) is 19.4 Å². The lowest BCUT2D eigenvalue weighted by atomic mass is 10.1. The highest BCUT2D eigenvalue weighted by Crippen LogP contribution is 2.20. The average molecular weight is 435 g/mol. The van der Waals surface area contributed by atoms with Crippen LogP contribution in [0.3, 0.4) is 0 Å². The molecule has 3 aromatic rings. The first-order valence-corrected chi connectivity index (χ1v) is 10.1. The molecule has 4 rings (SSSR count). The van der Waals surface area contributed by atoms with E-state index >= 15 is 0 Å². The van der Waals surface area contributed by atoms with Crippen LogP contribution < -0.4 is 15.9 Å². The Bertz CT molecular complexity index is 1220. The van der Waals surface area contributed by atoms with Gasteiger partial charge >= 0.3 is 0 Å². The second-order valence-electron chi connectivity index (χ2n) is 7.02. The molecule has 31 heavy (non-hydrogen) atoms. The molecule has 0 fully saturated rings. The topological polar surface area (TPSA) is 83.8 Å². The highest BCUT2D eigenvalue weighted by molar-refractivity contribution is 6.44. The summed E-state index contributed by atoms with van der Waals surface area (Å²) >= 11 is 6.20. The smallest absolute Gasteiger partial charge is 0.271 e. The van der Waals surface area contributed by atoms with Gasteiger partial charge in [-0.05, 0) is 29.8 Å². The lowest BCUT2D eigenvalue weighted by Gasteiger charge is -2.23. The molecule has 1 aliphatic heterocycles. The summed E-state index contributed by atoms with van der Waals surface area (Å²) in [7, 11) is 0. The van der Waals surface area contributed by atoms with Gasteiger partial charge < -0.3 is 9.88 Å². The van der Waals surface area contributed by atoms with Gasteiger partial charge in [0, 0.05) is 30.1 Å². The number of benzene rings is 2. The van der Waals surface area contributed by atoms with Crippen LogP contribution in [-0.2, 0) is 16.1 Å². The summed E-state index contributed by atoms with van der Waals surface area (Å²) in [5, 5.41) is 8.82. The van der Waals surface area contributed by atoms with Crippen molar-refractivity contribution in [2.24, 2.45) is 5.10 Å². The van der Waals surface area contributed by atoms with Gasteiger partial charge in [-0.15, -0.1) is 0 Å². The molecule has 1 N–H and O–H groups in total. The molecule has 0 saturated heterocycles. The Balaban J connectivity index is 1.54. The maximum atomic E-state index is 12.8. The third-order valence-electron chi connectivity index (χ3n) is 4.84. The highest BCUT2D eigenvalue weighted by Gasteiger charge is 2.25. The van der Waals surface area contributed by atoms with Gasteiger partial charge in [-0.3, -0.25) is 14.4 Å². The number of pyridine rings is 1. The van der Waals surface area contributed by atoms with Gasteiger partial charge in [0.25, 0.3) is 11.5 Å². The van der Waals surface area contributed by atoms with Crippen LogP contribution in [0.2, 0.25) is 5.02 Å². The van der Waals surface area contributed by atoms with Crippen LogP contribution in [0.25, 0.3) is 0 Å². The van der Waals surface area contributed by atoms with E-state index in [1.54, 1.807) is 36.5 Å². The molecule has 2 amide bonds. The zero-order chi connectivity index (χ0) is 21.8. The second-order valence-corrected chi connectivity index (χ2v) is 7.42. The molecular formula is C23H19ClN4O3. The molecule has 0 radical (unpaired) electrons. The number of hydrogen-bond donors (Lipinski definition) is 1. The third-order valence-corrected chi connectivity index (χ3v) is 5.20. The summed E-state index contributed by atoms with van der Waals surface area (Å²) in [6.07, 6.45) is 1.99. The summed E-state index contributed by atoms with van der Waals surface area (Å²) in [6.45, 7) is 0.277. The van der Waals surface area contributed by atoms with Gasteiger partial charge in [0.15, 0.2) is 0 Å². The van der Waals surface area contributed by atoms with E-state index in [1.807, 2.05) is 24.3 Å². The number of carbonyl (C=O) groups excluding carboxylic acids is 2. The molecule has 7 nitrogen and oxygen atoms in total. The van der Waals surface area contributed by atoms with Crippen molar-refractivity contribution >= 4 is 40.5 Å². The molecule has 0 saturated carbocycles. The van der Waals surface area contributed by atoms with Crippen molar-refractivity contribution in [3.05, 3.63) is 93.9 Å². The van der Waals surface area contributed by atoms with E-state index in [2.05, 4.69) is 10.4 Å². The Kier molecular flexibility index (Phi) is 5.95. The number of anilines is 2. The SMILES string of the molecule is O=C(Nc1ccc(=O)n(Cc2ccccc2Cl)c1)C1=NN(c2ccccc2)C(=O)CC1. The number of rotatable bonds is 5. The Morgan fingerprint density at radius 2 is 1.71 bits per heavy atom. The van der Waals surface area contributed by atoms with E-state index in [1.165, 1.54) is 21.7 Å². The number of nitrogens with zero attached hydrogens (tertiary/aromatic N) is 3. The summed E-state index contributed by atoms with van der Waals surface area (Å²) in [5.41, 5.74) is 1.87. The lowest BCUT2D eigenvalue weighted by molar-refractivity contribution is -0.118. The Morgan fingerprint density at radius 1 is 0.968 bits per heavy atom. The minimum atomic E-state index is -0.420. The molecule has 2 heterocycles. The normalized spacial score (nSPS) is 13.6. The maximum absolute atomic E-state index is 12.8. The van der Waals surface area contributed by atoms with Crippen molar-refractivity contribution in [3.63, 3.8) is 0 Å². The number of carbonyl (C=O) groups is 2. The summed E-state index contributed by atoms with van der Waals surface area (Å²) in [6, 6.07) is 19.1. The zero-order valence-corrected chi connectivity index (χ0v) is 17.2. The maximum Gasteiger partial charge on any atom is 0.271 e. The Labute approximate surface area is 183 Å². The largest absolute Gasteiger partial charge is 0.320 e. The molecule has 0 atom stereocenters. The number of hydrazone groups is 1. The lowest BCUT2D eigenvalue weighted by Crippen LogP contribution is -2.36. The van der Waals surface area contributed by atoms with Gasteiger partial charge in [0.05, 0.1) is 17.9 Å². The van der Waals surface area contributed by atoms with Crippen molar-refractivity contribution in [2.75, 3.05) is 10.3 Å². The Hall–Kier alpha value is -3.71. The van der Waals surface area contributed by atoms with Crippen LogP contribution >= 0.6 is 11.6 Å². The van der Waals surface area contributed by atoms with E-state index in [9.17, 15) is 14.4 Å². The first kappa shape index (κ1) is 20.6. The predicted molar refractivity (Wildman–Crippen MR) is 120 cm³/mol. The number of amides is 2. The van der Waals surface area contributed by atoms with Gasteiger partial charge in [-0.2, -0.15) is 5.10 Å². The molecule has 8 heteroatoms. The first-order valence-electron chi connectivity index (χ1n) is 9.72. The van der Waals surface area contributed by atoms with Crippen molar-refractivity contribution in [1.29, 1.82) is 0 Å². The van der Waals surface area contributed by atoms with Crippen molar-refractivity contribution in [1.82, 2.24) is 4.57 Å². The number of nitrogens with one attached hydrogen (secondary N) is 1.